The fourth-order valence-electron chi connectivity index (χ4n) is 5.67. The van der Waals surface area contributed by atoms with Gasteiger partial charge in [0.25, 0.3) is 0 Å². The highest BCUT2D eigenvalue weighted by Crippen LogP contribution is 2.47. The second-order valence-corrected chi connectivity index (χ2v) is 11.9. The zero-order valence-electron chi connectivity index (χ0n) is 23.0. The van der Waals surface area contributed by atoms with E-state index in [9.17, 15) is 9.90 Å². The lowest BCUT2D eigenvalue weighted by Crippen LogP contribution is -2.68. The molecule has 1 aliphatic rings. The summed E-state index contributed by atoms with van der Waals surface area (Å²) in [5.41, 5.74) is 2.35. The molecule has 5 atom stereocenters. The van der Waals surface area contributed by atoms with E-state index in [1.54, 1.807) is 0 Å². The van der Waals surface area contributed by atoms with E-state index in [2.05, 4.69) is 60.3 Å². The number of piperidine rings is 1. The van der Waals surface area contributed by atoms with Crippen molar-refractivity contribution in [1.29, 1.82) is 0 Å². The zero-order chi connectivity index (χ0) is 26.0. The van der Waals surface area contributed by atoms with Crippen LogP contribution in [-0.2, 0) is 10.2 Å². The molecule has 1 fully saturated rings. The summed E-state index contributed by atoms with van der Waals surface area (Å²) in [7, 11) is 0. The summed E-state index contributed by atoms with van der Waals surface area (Å²) in [4.78, 5) is 15.7. The highest BCUT2D eigenvalue weighted by Gasteiger charge is 2.54. The van der Waals surface area contributed by atoms with Crippen molar-refractivity contribution in [3.63, 3.8) is 0 Å². The molecule has 0 radical (unpaired) electrons. The molecular formula is C31H45NO3. The number of aliphatic hydroxyl groups excluding tert-OH is 1. The molecule has 5 unspecified atom stereocenters. The zero-order valence-corrected chi connectivity index (χ0v) is 23.0. The average molecular weight is 480 g/mol. The van der Waals surface area contributed by atoms with Crippen molar-refractivity contribution in [2.24, 2.45) is 5.92 Å². The van der Waals surface area contributed by atoms with Gasteiger partial charge in [-0.25, -0.2) is 4.79 Å². The Morgan fingerprint density at radius 2 is 1.66 bits per heavy atom. The molecule has 0 aromatic heterocycles. The van der Waals surface area contributed by atoms with Gasteiger partial charge in [0.15, 0.2) is 0 Å². The van der Waals surface area contributed by atoms with Crippen molar-refractivity contribution in [3.8, 4) is 0 Å². The van der Waals surface area contributed by atoms with Crippen LogP contribution in [0.25, 0.3) is 0 Å². The van der Waals surface area contributed by atoms with E-state index in [1.807, 2.05) is 54.6 Å². The monoisotopic (exact) mass is 479 g/mol. The summed E-state index contributed by atoms with van der Waals surface area (Å²) in [6.07, 6.45) is 1.79. The number of hydrogen-bond donors (Lipinski definition) is 1. The molecule has 192 valence electrons. The van der Waals surface area contributed by atoms with Gasteiger partial charge >= 0.3 is 5.97 Å². The highest BCUT2D eigenvalue weighted by atomic mass is 16.5. The van der Waals surface area contributed by atoms with E-state index >= 15 is 0 Å². The Hall–Kier alpha value is -2.17. The third-order valence-corrected chi connectivity index (χ3v) is 8.71. The number of nitrogens with zero attached hydrogens (tertiary/aromatic N) is 1. The Labute approximate surface area is 212 Å². The normalized spacial score (nSPS) is 28.5. The molecule has 35 heavy (non-hydrogen) atoms. The van der Waals surface area contributed by atoms with Crippen molar-refractivity contribution in [2.45, 2.75) is 103 Å². The van der Waals surface area contributed by atoms with Gasteiger partial charge in [0.05, 0.1) is 11.7 Å². The summed E-state index contributed by atoms with van der Waals surface area (Å²) in [5.74, 6) is -0.134. The van der Waals surface area contributed by atoms with E-state index in [4.69, 9.17) is 4.74 Å². The van der Waals surface area contributed by atoms with Gasteiger partial charge in [-0.2, -0.15) is 0 Å². The molecule has 1 N–H and O–H groups in total. The van der Waals surface area contributed by atoms with E-state index < -0.39 is 6.10 Å². The van der Waals surface area contributed by atoms with Crippen LogP contribution in [0.15, 0.2) is 54.6 Å². The molecule has 0 saturated carbocycles. The number of carbonyl (C=O) groups is 1. The molecule has 3 rings (SSSR count). The predicted octanol–water partition coefficient (Wildman–Crippen LogP) is 6.92. The SMILES string of the molecule is CCC1(C)CC(OC(=O)c2ccc(C(C)(C)C)cc2)C(C)C(C)(CC)N1CC(O)c1ccccc1. The Bertz CT molecular complexity index is 981. The molecule has 0 amide bonds. The second kappa shape index (κ2) is 10.4. The van der Waals surface area contributed by atoms with Crippen LogP contribution in [0.2, 0.25) is 0 Å². The van der Waals surface area contributed by atoms with E-state index in [-0.39, 0.29) is 34.5 Å². The number of carbonyl (C=O) groups excluding carboxylic acids is 1. The van der Waals surface area contributed by atoms with Crippen LogP contribution in [0.5, 0.6) is 0 Å². The van der Waals surface area contributed by atoms with E-state index in [1.165, 1.54) is 5.56 Å². The number of β-amino-alcohol motifs (C(OH)–C–C–N with tert-alkyl or cyclic N) is 1. The molecule has 1 heterocycles. The molecule has 1 aliphatic heterocycles. The molecular weight excluding hydrogens is 434 g/mol. The van der Waals surface area contributed by atoms with Crippen LogP contribution in [-0.4, -0.2) is 39.7 Å². The van der Waals surface area contributed by atoms with Gasteiger partial charge in [0, 0.05) is 30.0 Å². The maximum Gasteiger partial charge on any atom is 0.338 e. The maximum absolute atomic E-state index is 13.2. The summed E-state index contributed by atoms with van der Waals surface area (Å²) >= 11 is 0. The third kappa shape index (κ3) is 5.65. The second-order valence-electron chi connectivity index (χ2n) is 11.9. The molecule has 0 aliphatic carbocycles. The van der Waals surface area contributed by atoms with Crippen LogP contribution in [0.1, 0.15) is 102 Å². The fourth-order valence-corrected chi connectivity index (χ4v) is 5.67. The minimum Gasteiger partial charge on any atom is -0.458 e. The smallest absolute Gasteiger partial charge is 0.338 e. The number of likely N-dealkylation sites (tertiary alicyclic amines) is 1. The first-order valence-corrected chi connectivity index (χ1v) is 13.2. The van der Waals surface area contributed by atoms with Gasteiger partial charge in [-0.3, -0.25) is 4.90 Å². The van der Waals surface area contributed by atoms with Crippen molar-refractivity contribution < 1.29 is 14.6 Å². The van der Waals surface area contributed by atoms with Gasteiger partial charge < -0.3 is 9.84 Å². The molecule has 2 aromatic carbocycles. The third-order valence-electron chi connectivity index (χ3n) is 8.71. The van der Waals surface area contributed by atoms with Gasteiger partial charge in [0.2, 0.25) is 0 Å². The number of esters is 1. The molecule has 2 aromatic rings. The van der Waals surface area contributed by atoms with Gasteiger partial charge in [0.1, 0.15) is 6.10 Å². The molecule has 0 bridgehead atoms. The lowest BCUT2D eigenvalue weighted by Gasteiger charge is -2.60. The highest BCUT2D eigenvalue weighted by molar-refractivity contribution is 5.89. The summed E-state index contributed by atoms with van der Waals surface area (Å²) < 4.78 is 6.22. The van der Waals surface area contributed by atoms with Gasteiger partial charge in [-0.1, -0.05) is 84.0 Å². The van der Waals surface area contributed by atoms with Crippen LogP contribution in [0.4, 0.5) is 0 Å². The van der Waals surface area contributed by atoms with Gasteiger partial charge in [-0.15, -0.1) is 0 Å². The number of rotatable bonds is 7. The fraction of sp³-hybridized carbons (Fsp3) is 0.581. The quantitative estimate of drug-likeness (QED) is 0.438. The summed E-state index contributed by atoms with van der Waals surface area (Å²) in [6.45, 7) is 18.2. The average Bonchev–Trinajstić information content (AvgIpc) is 2.85. The van der Waals surface area contributed by atoms with E-state index in [0.717, 1.165) is 24.8 Å². The summed E-state index contributed by atoms with van der Waals surface area (Å²) in [6, 6.07) is 17.7. The van der Waals surface area contributed by atoms with Crippen LogP contribution < -0.4 is 0 Å². The van der Waals surface area contributed by atoms with Crippen LogP contribution >= 0.6 is 0 Å². The number of benzene rings is 2. The van der Waals surface area contributed by atoms with Gasteiger partial charge in [-0.05, 0) is 55.4 Å². The standard InChI is InChI=1S/C31H45NO3/c1-9-30(7)20-27(35-28(34)24-16-18-25(19-17-24)29(4,5)6)22(3)31(8,10-2)32(30)21-26(33)23-14-12-11-13-15-23/h11-19,22,26-27,33H,9-10,20-21H2,1-8H3. The number of ether oxygens (including phenoxy) is 1. The van der Waals surface area contributed by atoms with Crippen molar-refractivity contribution >= 4 is 5.97 Å². The van der Waals surface area contributed by atoms with Crippen molar-refractivity contribution in [1.82, 2.24) is 4.90 Å². The summed E-state index contributed by atoms with van der Waals surface area (Å²) in [5, 5.41) is 11.1. The Kier molecular flexibility index (Phi) is 8.18. The minimum atomic E-state index is -0.569. The molecule has 4 nitrogen and oxygen atoms in total. The molecule has 0 spiro atoms. The largest absolute Gasteiger partial charge is 0.458 e. The van der Waals surface area contributed by atoms with Crippen LogP contribution in [0.3, 0.4) is 0 Å². The Morgan fingerprint density at radius 3 is 2.17 bits per heavy atom. The molecule has 1 saturated heterocycles. The molecule has 4 heteroatoms. The lowest BCUT2D eigenvalue weighted by molar-refractivity contribution is -0.149. The lowest BCUT2D eigenvalue weighted by atomic mass is 9.67. The number of aliphatic hydroxyl groups is 1. The maximum atomic E-state index is 13.2. The van der Waals surface area contributed by atoms with Crippen molar-refractivity contribution in [3.05, 3.63) is 71.3 Å². The number of hydrogen-bond acceptors (Lipinski definition) is 4. The Balaban J connectivity index is 1.84. The van der Waals surface area contributed by atoms with Crippen molar-refractivity contribution in [2.75, 3.05) is 6.54 Å². The minimum absolute atomic E-state index is 0.0416. The first-order valence-electron chi connectivity index (χ1n) is 13.2. The Morgan fingerprint density at radius 1 is 1.06 bits per heavy atom. The topological polar surface area (TPSA) is 49.8 Å². The first-order chi connectivity index (χ1) is 16.4. The van der Waals surface area contributed by atoms with Crippen LogP contribution in [0, 0.1) is 5.92 Å². The first kappa shape index (κ1) is 27.4. The van der Waals surface area contributed by atoms with E-state index in [0.29, 0.717) is 12.1 Å². The predicted molar refractivity (Wildman–Crippen MR) is 144 cm³/mol.